The number of hydrogen-bond donors (Lipinski definition) is 5. The SMILES string of the molecule is CCC(C(=O)[C@@H](C)[C@@H](O)C1(C)C[C@]12O[C@@H]([C@@H](CC)C(=O)O)CC[C@@H]2C)[C@H]1O[C@]2(C=CC(NC(=O)NC3CCCCC3)[C@]3(CC[C@@](C)([C@H]4CC[C@](O)(CC)[C@H](C)O4)O3)O2)[C@H](C)C[C@@H]1C. The van der Waals surface area contributed by atoms with E-state index in [-0.39, 0.29) is 47.8 Å². The first-order valence-electron chi connectivity index (χ1n) is 25.0. The molecular weight excluding hydrogens is 805 g/mol. The first-order chi connectivity index (χ1) is 29.7. The van der Waals surface area contributed by atoms with E-state index in [1.54, 1.807) is 0 Å². The number of carboxylic acid groups (broad SMARTS) is 1. The van der Waals surface area contributed by atoms with Crippen molar-refractivity contribution in [3.8, 4) is 0 Å². The number of hydrogen-bond acceptors (Lipinski definition) is 10. The second-order valence-electron chi connectivity index (χ2n) is 21.9. The highest BCUT2D eigenvalue weighted by Crippen LogP contribution is 2.68. The van der Waals surface area contributed by atoms with Crippen LogP contribution in [0, 0.1) is 40.9 Å². The fourth-order valence-corrected chi connectivity index (χ4v) is 13.4. The van der Waals surface area contributed by atoms with Crippen LogP contribution in [-0.4, -0.2) is 104 Å². The molecule has 5 N–H and O–H groups in total. The van der Waals surface area contributed by atoms with Crippen LogP contribution in [0.1, 0.15) is 172 Å². The molecule has 63 heavy (non-hydrogen) atoms. The lowest BCUT2D eigenvalue weighted by Crippen LogP contribution is -2.66. The fraction of sp³-hybridized carbons (Fsp3) is 0.900. The summed E-state index contributed by atoms with van der Waals surface area (Å²) in [4.78, 5) is 40.7. The molecule has 0 bridgehead atoms. The quantitative estimate of drug-likeness (QED) is 0.113. The normalized spacial score (nSPS) is 46.0. The lowest BCUT2D eigenvalue weighted by molar-refractivity contribution is -0.397. The number of Topliss-reactive ketones (excluding diaryl/α,β-unsaturated/α-hetero) is 1. The molecule has 7 rings (SSSR count). The van der Waals surface area contributed by atoms with Gasteiger partial charge >= 0.3 is 12.0 Å². The monoisotopic (exact) mass is 887 g/mol. The molecule has 13 heteroatoms. The van der Waals surface area contributed by atoms with Crippen molar-refractivity contribution in [2.45, 2.75) is 243 Å². The number of rotatable bonds is 13. The molecule has 3 unspecified atom stereocenters. The Bertz CT molecular complexity index is 1710. The number of nitrogens with one attached hydrogen (secondary N) is 2. The van der Waals surface area contributed by atoms with E-state index in [0.29, 0.717) is 64.2 Å². The molecule has 5 aliphatic heterocycles. The highest BCUT2D eigenvalue weighted by Gasteiger charge is 2.74. The minimum atomic E-state index is -1.31. The maximum Gasteiger partial charge on any atom is 0.315 e. The standard InChI is InChI=1S/C50H82N2O11/c1-11-35(43(55)56)37-20-19-30(5)48(60-37)28-45(48,9)42(54)32(7)40(53)36(12-2)41-29(4)27-31(6)49(61-41)24-21-38(52-44(57)51-34-17-15-14-16-18-34)50(63-49)26-25-46(10,62-50)39-22-23-47(58,13-3)33(8)59-39/h21,24,29-39,41-42,54,58H,11-20,22-23,25-28H2,1-10H3,(H,55,56)(H2,51,52,57)/t29-,30-,31+,32+,33-,35+,36?,37+,38?,39+,41-,42+,45?,46-,47+,48+,49-,50-/m0/s1. The van der Waals surface area contributed by atoms with E-state index in [9.17, 15) is 29.7 Å². The van der Waals surface area contributed by atoms with E-state index in [1.165, 1.54) is 6.42 Å². The van der Waals surface area contributed by atoms with Crippen molar-refractivity contribution in [3.63, 3.8) is 0 Å². The second-order valence-corrected chi connectivity index (χ2v) is 21.9. The Balaban J connectivity index is 1.12. The van der Waals surface area contributed by atoms with Crippen LogP contribution in [0.3, 0.4) is 0 Å². The zero-order chi connectivity index (χ0) is 45.9. The Morgan fingerprint density at radius 3 is 2.17 bits per heavy atom. The zero-order valence-corrected chi connectivity index (χ0v) is 40.1. The Labute approximate surface area is 376 Å². The van der Waals surface area contributed by atoms with Gasteiger partial charge in [0.25, 0.3) is 0 Å². The summed E-state index contributed by atoms with van der Waals surface area (Å²) in [7, 11) is 0. The minimum Gasteiger partial charge on any atom is -0.481 e. The van der Waals surface area contributed by atoms with Gasteiger partial charge in [0.15, 0.2) is 11.6 Å². The lowest BCUT2D eigenvalue weighted by Gasteiger charge is -2.55. The van der Waals surface area contributed by atoms with Gasteiger partial charge in [-0.05, 0) is 109 Å². The maximum atomic E-state index is 14.9. The molecule has 2 aliphatic carbocycles. The summed E-state index contributed by atoms with van der Waals surface area (Å²) in [6, 6.07) is -0.799. The molecule has 358 valence electrons. The van der Waals surface area contributed by atoms with Crippen molar-refractivity contribution >= 4 is 17.8 Å². The van der Waals surface area contributed by atoms with Crippen LogP contribution in [0.5, 0.6) is 0 Å². The molecule has 13 nitrogen and oxygen atoms in total. The lowest BCUT2D eigenvalue weighted by atomic mass is 9.72. The van der Waals surface area contributed by atoms with Gasteiger partial charge in [-0.3, -0.25) is 9.59 Å². The van der Waals surface area contributed by atoms with Gasteiger partial charge < -0.3 is 49.6 Å². The van der Waals surface area contributed by atoms with Crippen molar-refractivity contribution in [2.75, 3.05) is 0 Å². The van der Waals surface area contributed by atoms with Crippen LogP contribution in [0.25, 0.3) is 0 Å². The van der Waals surface area contributed by atoms with E-state index < -0.39 is 81.9 Å². The fourth-order valence-electron chi connectivity index (χ4n) is 13.4. The summed E-state index contributed by atoms with van der Waals surface area (Å²) in [6.07, 6.45) is 13.1. The van der Waals surface area contributed by atoms with Gasteiger partial charge in [0.1, 0.15) is 11.8 Å². The number of aliphatic carboxylic acids is 1. The van der Waals surface area contributed by atoms with Crippen molar-refractivity contribution < 1.29 is 53.4 Å². The average molecular weight is 887 g/mol. The average Bonchev–Trinajstić information content (AvgIpc) is 3.71. The number of aliphatic hydroxyl groups is 2. The largest absolute Gasteiger partial charge is 0.481 e. The van der Waals surface area contributed by atoms with E-state index in [0.717, 1.165) is 32.1 Å². The summed E-state index contributed by atoms with van der Waals surface area (Å²) in [5, 5.41) is 39.8. The third-order valence-electron chi connectivity index (χ3n) is 18.0. The van der Waals surface area contributed by atoms with Crippen LogP contribution < -0.4 is 10.6 Å². The van der Waals surface area contributed by atoms with Gasteiger partial charge in [0.2, 0.25) is 0 Å². The van der Waals surface area contributed by atoms with E-state index >= 15 is 0 Å². The Hall–Kier alpha value is -2.13. The van der Waals surface area contributed by atoms with E-state index in [1.807, 2.05) is 53.7 Å². The van der Waals surface area contributed by atoms with Crippen LogP contribution in [0.4, 0.5) is 4.79 Å². The number of urea groups is 1. The number of ketones is 1. The number of carbonyl (C=O) groups is 3. The molecule has 0 aromatic rings. The predicted octanol–water partition coefficient (Wildman–Crippen LogP) is 7.97. The third kappa shape index (κ3) is 8.69. The zero-order valence-electron chi connectivity index (χ0n) is 40.1. The van der Waals surface area contributed by atoms with Crippen molar-refractivity contribution in [3.05, 3.63) is 12.2 Å². The summed E-state index contributed by atoms with van der Waals surface area (Å²) in [6.45, 7) is 20.0. The molecule has 7 aliphatic rings. The van der Waals surface area contributed by atoms with Gasteiger partial charge in [-0.15, -0.1) is 0 Å². The van der Waals surface area contributed by atoms with Gasteiger partial charge in [0.05, 0.1) is 53.2 Å². The topological polar surface area (TPSA) is 182 Å². The van der Waals surface area contributed by atoms with Gasteiger partial charge in [-0.1, -0.05) is 80.7 Å². The first-order valence-corrected chi connectivity index (χ1v) is 25.0. The molecule has 0 aromatic heterocycles. The van der Waals surface area contributed by atoms with Crippen molar-refractivity contribution in [1.82, 2.24) is 10.6 Å². The third-order valence-corrected chi connectivity index (χ3v) is 18.0. The summed E-state index contributed by atoms with van der Waals surface area (Å²) in [5.41, 5.74) is -3.09. The van der Waals surface area contributed by atoms with E-state index in [2.05, 4.69) is 38.3 Å². The molecule has 0 aromatic carbocycles. The summed E-state index contributed by atoms with van der Waals surface area (Å²) >= 11 is 0. The number of carbonyl (C=O) groups excluding carboxylic acids is 2. The molecule has 3 spiro atoms. The minimum absolute atomic E-state index is 0.00884. The summed E-state index contributed by atoms with van der Waals surface area (Å²) < 4.78 is 35.0. The molecule has 5 heterocycles. The van der Waals surface area contributed by atoms with Crippen molar-refractivity contribution in [1.29, 1.82) is 0 Å². The van der Waals surface area contributed by atoms with Gasteiger partial charge in [-0.25, -0.2) is 4.79 Å². The number of amides is 2. The van der Waals surface area contributed by atoms with Crippen LogP contribution in [0.15, 0.2) is 12.2 Å². The Kier molecular flexibility index (Phi) is 14.1. The van der Waals surface area contributed by atoms with Crippen LogP contribution in [-0.2, 0) is 33.3 Å². The molecule has 0 radical (unpaired) electrons. The second kappa shape index (κ2) is 18.2. The molecular formula is C50H82N2O11. The molecule has 2 saturated carbocycles. The predicted molar refractivity (Wildman–Crippen MR) is 237 cm³/mol. The number of aliphatic hydroxyl groups excluding tert-OH is 1. The van der Waals surface area contributed by atoms with Crippen LogP contribution >= 0.6 is 0 Å². The molecule has 4 saturated heterocycles. The Morgan fingerprint density at radius 2 is 1.54 bits per heavy atom. The maximum absolute atomic E-state index is 14.9. The van der Waals surface area contributed by atoms with Crippen molar-refractivity contribution in [2.24, 2.45) is 40.9 Å². The van der Waals surface area contributed by atoms with Gasteiger partial charge in [-0.2, -0.15) is 0 Å². The van der Waals surface area contributed by atoms with E-state index in [4.69, 9.17) is 23.7 Å². The first kappa shape index (κ1) is 48.8. The molecule has 6 fully saturated rings. The van der Waals surface area contributed by atoms with Crippen LogP contribution in [0.2, 0.25) is 0 Å². The highest BCUT2D eigenvalue weighted by atomic mass is 16.8. The smallest absolute Gasteiger partial charge is 0.315 e. The number of ether oxygens (including phenoxy) is 5. The Morgan fingerprint density at radius 1 is 0.841 bits per heavy atom. The van der Waals surface area contributed by atoms with Gasteiger partial charge in [0, 0.05) is 35.6 Å². The summed E-state index contributed by atoms with van der Waals surface area (Å²) in [5.74, 6) is -5.43. The molecule has 18 atom stereocenters. The number of carboxylic acids is 1. The molecule has 2 amide bonds. The highest BCUT2D eigenvalue weighted by molar-refractivity contribution is 5.84.